The number of nitrogens with zero attached hydrogens (tertiary/aromatic N) is 2. The van der Waals surface area contributed by atoms with E-state index in [9.17, 15) is 9.59 Å². The Hall–Kier alpha value is -2.61. The number of halogens is 1. The quantitative estimate of drug-likeness (QED) is 0.473. The standard InChI is InChI=1S/C21H16ClN3O2S2/c1-12-16(15-5-3-4-6-17(15)24(12)2)11-18-20(27)25(21(28)29-18)23-19(26)13-7-9-14(22)10-8-13/h3-11H,1-2H3,(H,23,26)/b18-11-. The number of fused-ring (bicyclic) bond motifs is 1. The summed E-state index contributed by atoms with van der Waals surface area (Å²) in [7, 11) is 1.99. The van der Waals surface area contributed by atoms with Crippen LogP contribution in [0.25, 0.3) is 17.0 Å². The highest BCUT2D eigenvalue weighted by Crippen LogP contribution is 2.34. The van der Waals surface area contributed by atoms with E-state index < -0.39 is 5.91 Å². The lowest BCUT2D eigenvalue weighted by Crippen LogP contribution is -2.44. The van der Waals surface area contributed by atoms with E-state index in [1.807, 2.05) is 44.3 Å². The Labute approximate surface area is 182 Å². The van der Waals surface area contributed by atoms with Crippen LogP contribution in [0.1, 0.15) is 21.6 Å². The molecule has 29 heavy (non-hydrogen) atoms. The van der Waals surface area contributed by atoms with Gasteiger partial charge >= 0.3 is 0 Å². The number of hydrogen-bond donors (Lipinski definition) is 1. The fraction of sp³-hybridized carbons (Fsp3) is 0.0952. The number of amides is 2. The minimum atomic E-state index is -0.430. The maximum absolute atomic E-state index is 12.9. The first kappa shape index (κ1) is 19.7. The zero-order chi connectivity index (χ0) is 20.7. The molecule has 0 spiro atoms. The molecule has 0 saturated carbocycles. The molecule has 1 aromatic heterocycles. The summed E-state index contributed by atoms with van der Waals surface area (Å²) in [5.41, 5.74) is 6.06. The third-order valence-electron chi connectivity index (χ3n) is 4.84. The number of nitrogens with one attached hydrogen (secondary N) is 1. The molecule has 0 unspecified atom stereocenters. The molecule has 2 amide bonds. The Morgan fingerprint density at radius 2 is 1.86 bits per heavy atom. The predicted octanol–water partition coefficient (Wildman–Crippen LogP) is 4.69. The van der Waals surface area contributed by atoms with Crippen LogP contribution in [0.3, 0.4) is 0 Å². The lowest BCUT2D eigenvalue weighted by molar-refractivity contribution is -0.123. The molecule has 0 atom stereocenters. The van der Waals surface area contributed by atoms with Crippen LogP contribution in [0, 0.1) is 6.92 Å². The normalized spacial score (nSPS) is 15.6. The molecule has 1 fully saturated rings. The van der Waals surface area contributed by atoms with Crippen molar-refractivity contribution >= 4 is 68.7 Å². The Morgan fingerprint density at radius 1 is 1.17 bits per heavy atom. The molecule has 0 bridgehead atoms. The first-order chi connectivity index (χ1) is 13.9. The molecule has 0 radical (unpaired) electrons. The second-order valence-electron chi connectivity index (χ2n) is 6.54. The molecule has 5 nitrogen and oxygen atoms in total. The van der Waals surface area contributed by atoms with E-state index in [2.05, 4.69) is 9.99 Å². The monoisotopic (exact) mass is 441 g/mol. The molecule has 2 heterocycles. The van der Waals surface area contributed by atoms with Gasteiger partial charge in [-0.15, -0.1) is 0 Å². The lowest BCUT2D eigenvalue weighted by atomic mass is 10.1. The number of rotatable bonds is 3. The molecule has 0 aliphatic carbocycles. The number of hydrogen-bond acceptors (Lipinski definition) is 4. The number of aromatic nitrogens is 1. The zero-order valence-electron chi connectivity index (χ0n) is 15.6. The highest BCUT2D eigenvalue weighted by molar-refractivity contribution is 8.26. The Bertz CT molecular complexity index is 1200. The first-order valence-corrected chi connectivity index (χ1v) is 10.4. The fourth-order valence-corrected chi connectivity index (χ4v) is 4.48. The maximum Gasteiger partial charge on any atom is 0.285 e. The number of para-hydroxylation sites is 1. The molecule has 146 valence electrons. The van der Waals surface area contributed by atoms with Crippen LogP contribution in [0.4, 0.5) is 0 Å². The summed E-state index contributed by atoms with van der Waals surface area (Å²) in [6.07, 6.45) is 1.84. The Morgan fingerprint density at radius 3 is 2.59 bits per heavy atom. The summed E-state index contributed by atoms with van der Waals surface area (Å²) in [6, 6.07) is 14.4. The van der Waals surface area contributed by atoms with Crippen molar-refractivity contribution < 1.29 is 9.59 Å². The van der Waals surface area contributed by atoms with Crippen molar-refractivity contribution in [1.82, 2.24) is 15.0 Å². The van der Waals surface area contributed by atoms with Gasteiger partial charge in [-0.3, -0.25) is 15.0 Å². The topological polar surface area (TPSA) is 54.3 Å². The highest BCUT2D eigenvalue weighted by Gasteiger charge is 2.34. The van der Waals surface area contributed by atoms with Crippen LogP contribution in [0.15, 0.2) is 53.4 Å². The summed E-state index contributed by atoms with van der Waals surface area (Å²) >= 11 is 12.3. The van der Waals surface area contributed by atoms with Crippen LogP contribution in [-0.4, -0.2) is 25.7 Å². The third kappa shape index (κ3) is 3.57. The van der Waals surface area contributed by atoms with E-state index in [4.69, 9.17) is 23.8 Å². The molecule has 1 aliphatic rings. The molecule has 1 N–H and O–H groups in total. The average Bonchev–Trinajstić information content (AvgIpc) is 3.11. The smallest absolute Gasteiger partial charge is 0.285 e. The summed E-state index contributed by atoms with van der Waals surface area (Å²) in [6.45, 7) is 2.01. The molecular formula is C21H16ClN3O2S2. The Kier molecular flexibility index (Phi) is 5.21. The van der Waals surface area contributed by atoms with Crippen LogP contribution < -0.4 is 5.43 Å². The molecule has 2 aromatic carbocycles. The van der Waals surface area contributed by atoms with Gasteiger partial charge in [0.15, 0.2) is 4.32 Å². The van der Waals surface area contributed by atoms with E-state index in [0.29, 0.717) is 15.5 Å². The number of aryl methyl sites for hydroxylation is 1. The Balaban J connectivity index is 1.63. The van der Waals surface area contributed by atoms with Gasteiger partial charge in [0.1, 0.15) is 0 Å². The molecule has 8 heteroatoms. The van der Waals surface area contributed by atoms with E-state index in [1.165, 1.54) is 11.8 Å². The van der Waals surface area contributed by atoms with Crippen LogP contribution in [0.2, 0.25) is 5.02 Å². The van der Waals surface area contributed by atoms with Crippen molar-refractivity contribution in [2.24, 2.45) is 7.05 Å². The molecule has 4 rings (SSSR count). The largest absolute Gasteiger partial charge is 0.347 e. The van der Waals surface area contributed by atoms with E-state index in [-0.39, 0.29) is 10.2 Å². The molecule has 3 aromatic rings. The van der Waals surface area contributed by atoms with Gasteiger partial charge < -0.3 is 4.57 Å². The summed E-state index contributed by atoms with van der Waals surface area (Å²) in [4.78, 5) is 25.8. The van der Waals surface area contributed by atoms with Crippen molar-refractivity contribution in [3.05, 3.63) is 75.3 Å². The van der Waals surface area contributed by atoms with E-state index in [1.54, 1.807) is 24.3 Å². The van der Waals surface area contributed by atoms with Gasteiger partial charge in [0, 0.05) is 39.8 Å². The summed E-state index contributed by atoms with van der Waals surface area (Å²) < 4.78 is 2.37. The zero-order valence-corrected chi connectivity index (χ0v) is 18.0. The number of thiocarbonyl (C=S) groups is 1. The minimum Gasteiger partial charge on any atom is -0.347 e. The summed E-state index contributed by atoms with van der Waals surface area (Å²) in [5, 5.41) is 2.70. The van der Waals surface area contributed by atoms with Crippen LogP contribution in [-0.2, 0) is 11.8 Å². The number of benzene rings is 2. The second kappa shape index (κ2) is 7.67. The fourth-order valence-electron chi connectivity index (χ4n) is 3.19. The minimum absolute atomic E-state index is 0.279. The van der Waals surface area contributed by atoms with Gasteiger partial charge in [-0.05, 0) is 55.5 Å². The van der Waals surface area contributed by atoms with Crippen molar-refractivity contribution in [2.75, 3.05) is 0 Å². The van der Waals surface area contributed by atoms with E-state index in [0.717, 1.165) is 27.2 Å². The molecular weight excluding hydrogens is 426 g/mol. The van der Waals surface area contributed by atoms with Crippen molar-refractivity contribution in [3.63, 3.8) is 0 Å². The number of carbonyl (C=O) groups excluding carboxylic acids is 2. The first-order valence-electron chi connectivity index (χ1n) is 8.75. The number of carbonyl (C=O) groups is 2. The second-order valence-corrected chi connectivity index (χ2v) is 8.65. The average molecular weight is 442 g/mol. The van der Waals surface area contributed by atoms with Crippen LogP contribution in [0.5, 0.6) is 0 Å². The van der Waals surface area contributed by atoms with Crippen LogP contribution >= 0.6 is 35.6 Å². The van der Waals surface area contributed by atoms with Crippen molar-refractivity contribution in [2.45, 2.75) is 6.92 Å². The number of hydrazine groups is 1. The van der Waals surface area contributed by atoms with Crippen molar-refractivity contribution in [3.8, 4) is 0 Å². The predicted molar refractivity (Wildman–Crippen MR) is 122 cm³/mol. The molecule has 1 saturated heterocycles. The van der Waals surface area contributed by atoms with Gasteiger partial charge in [0.2, 0.25) is 0 Å². The lowest BCUT2D eigenvalue weighted by Gasteiger charge is -2.15. The van der Waals surface area contributed by atoms with Gasteiger partial charge in [-0.25, -0.2) is 0 Å². The summed E-state index contributed by atoms with van der Waals surface area (Å²) in [5.74, 6) is -0.782. The van der Waals surface area contributed by atoms with Crippen molar-refractivity contribution in [1.29, 1.82) is 0 Å². The van der Waals surface area contributed by atoms with Gasteiger partial charge in [-0.1, -0.05) is 41.6 Å². The number of thioether (sulfide) groups is 1. The molecule has 1 aliphatic heterocycles. The third-order valence-corrected chi connectivity index (χ3v) is 6.39. The highest BCUT2D eigenvalue weighted by atomic mass is 35.5. The van der Waals surface area contributed by atoms with E-state index >= 15 is 0 Å². The maximum atomic E-state index is 12.9. The van der Waals surface area contributed by atoms with Gasteiger partial charge in [0.05, 0.1) is 4.91 Å². The SMILES string of the molecule is Cc1c(/C=C2\SC(=S)N(NC(=O)c3ccc(Cl)cc3)C2=O)c2ccccc2n1C. The van der Waals surface area contributed by atoms with Gasteiger partial charge in [0.25, 0.3) is 11.8 Å². The van der Waals surface area contributed by atoms with Gasteiger partial charge in [-0.2, -0.15) is 5.01 Å².